The third-order valence-corrected chi connectivity index (χ3v) is 6.34. The molecule has 2 aromatic heterocycles. The van der Waals surface area contributed by atoms with Crippen LogP contribution in [0.4, 0.5) is 10.2 Å². The van der Waals surface area contributed by atoms with Crippen molar-refractivity contribution in [2.24, 2.45) is 0 Å². The van der Waals surface area contributed by atoms with Gasteiger partial charge < -0.3 is 5.32 Å². The maximum atomic E-state index is 13.3. The first-order chi connectivity index (χ1) is 12.0. The van der Waals surface area contributed by atoms with Gasteiger partial charge in [-0.3, -0.25) is 4.79 Å². The van der Waals surface area contributed by atoms with Crippen LogP contribution in [-0.4, -0.2) is 20.9 Å². The van der Waals surface area contributed by atoms with E-state index < -0.39 is 0 Å². The van der Waals surface area contributed by atoms with Crippen molar-refractivity contribution in [2.75, 3.05) is 5.32 Å². The molecule has 3 aromatic rings. The summed E-state index contributed by atoms with van der Waals surface area (Å²) in [6.07, 6.45) is 0. The van der Waals surface area contributed by atoms with Crippen LogP contribution in [0.1, 0.15) is 29.0 Å². The van der Waals surface area contributed by atoms with Gasteiger partial charge in [0, 0.05) is 5.56 Å². The summed E-state index contributed by atoms with van der Waals surface area (Å²) in [7, 11) is 0. The Hall–Kier alpha value is -2.12. The van der Waals surface area contributed by atoms with E-state index in [1.165, 1.54) is 17.7 Å². The van der Waals surface area contributed by atoms with Crippen molar-refractivity contribution in [2.45, 2.75) is 24.3 Å². The first-order valence-electron chi connectivity index (χ1n) is 7.88. The maximum absolute atomic E-state index is 13.3. The molecule has 3 heterocycles. The molecular weight excluding hydrogens is 357 g/mol. The lowest BCUT2D eigenvalue weighted by molar-refractivity contribution is -0.115. The predicted molar refractivity (Wildman–Crippen MR) is 100 cm³/mol. The van der Waals surface area contributed by atoms with Crippen molar-refractivity contribution in [3.8, 4) is 5.69 Å². The van der Waals surface area contributed by atoms with Crippen molar-refractivity contribution in [3.05, 3.63) is 63.7 Å². The molecule has 0 bridgehead atoms. The molecule has 0 spiro atoms. The highest BCUT2D eigenvalue weighted by atomic mass is 32.2. The molecule has 25 heavy (non-hydrogen) atoms. The molecule has 2 atom stereocenters. The van der Waals surface area contributed by atoms with Gasteiger partial charge in [-0.2, -0.15) is 16.4 Å². The number of aromatic nitrogens is 2. The number of benzene rings is 1. The van der Waals surface area contributed by atoms with E-state index >= 15 is 0 Å². The van der Waals surface area contributed by atoms with Crippen LogP contribution in [-0.2, 0) is 4.79 Å². The van der Waals surface area contributed by atoms with Gasteiger partial charge in [-0.15, -0.1) is 11.8 Å². The van der Waals surface area contributed by atoms with E-state index in [9.17, 15) is 9.18 Å². The van der Waals surface area contributed by atoms with Gasteiger partial charge >= 0.3 is 0 Å². The monoisotopic (exact) mass is 373 g/mol. The number of amides is 1. The zero-order valence-electron chi connectivity index (χ0n) is 13.7. The van der Waals surface area contributed by atoms with Crippen LogP contribution in [0, 0.1) is 12.7 Å². The van der Waals surface area contributed by atoms with Crippen LogP contribution in [0.3, 0.4) is 0 Å². The number of thioether (sulfide) groups is 1. The SMILES string of the molecule is Cc1nn(-c2ccc(F)cc2)c2c1C(c1ccsc1)SC(C)C(=O)N2. The topological polar surface area (TPSA) is 46.9 Å². The summed E-state index contributed by atoms with van der Waals surface area (Å²) in [6.45, 7) is 3.86. The summed E-state index contributed by atoms with van der Waals surface area (Å²) < 4.78 is 15.0. The normalized spacial score (nSPS) is 20.0. The van der Waals surface area contributed by atoms with Crippen LogP contribution < -0.4 is 5.32 Å². The van der Waals surface area contributed by atoms with E-state index in [4.69, 9.17) is 0 Å². The zero-order chi connectivity index (χ0) is 17.6. The summed E-state index contributed by atoms with van der Waals surface area (Å²) in [5.74, 6) is 0.317. The van der Waals surface area contributed by atoms with Gasteiger partial charge in [-0.25, -0.2) is 9.07 Å². The Kier molecular flexibility index (Phi) is 4.13. The Morgan fingerprint density at radius 1 is 1.24 bits per heavy atom. The number of nitrogens with zero attached hydrogens (tertiary/aromatic N) is 2. The highest BCUT2D eigenvalue weighted by molar-refractivity contribution is 8.01. The van der Waals surface area contributed by atoms with Crippen LogP contribution in [0.15, 0.2) is 41.1 Å². The number of nitrogens with one attached hydrogen (secondary N) is 1. The number of anilines is 1. The average molecular weight is 373 g/mol. The number of halogens is 1. The minimum Gasteiger partial charge on any atom is -0.309 e. The van der Waals surface area contributed by atoms with Gasteiger partial charge in [-0.1, -0.05) is 0 Å². The highest BCUT2D eigenvalue weighted by Gasteiger charge is 2.34. The predicted octanol–water partition coefficient (Wildman–Crippen LogP) is 4.54. The maximum Gasteiger partial charge on any atom is 0.238 e. The molecule has 1 N–H and O–H groups in total. The smallest absolute Gasteiger partial charge is 0.238 e. The first-order valence-corrected chi connectivity index (χ1v) is 9.77. The molecule has 1 aromatic carbocycles. The van der Waals surface area contributed by atoms with Crippen molar-refractivity contribution in [3.63, 3.8) is 0 Å². The van der Waals surface area contributed by atoms with Gasteiger partial charge in [0.25, 0.3) is 0 Å². The van der Waals surface area contributed by atoms with Crippen LogP contribution >= 0.6 is 23.1 Å². The fourth-order valence-electron chi connectivity index (χ4n) is 2.96. The number of thiophene rings is 1. The van der Waals surface area contributed by atoms with Crippen molar-refractivity contribution in [1.29, 1.82) is 0 Å². The third kappa shape index (κ3) is 2.87. The lowest BCUT2D eigenvalue weighted by atomic mass is 10.1. The molecule has 7 heteroatoms. The molecule has 0 fully saturated rings. The third-order valence-electron chi connectivity index (χ3n) is 4.24. The zero-order valence-corrected chi connectivity index (χ0v) is 15.3. The lowest BCUT2D eigenvalue weighted by Gasteiger charge is -2.15. The van der Waals surface area contributed by atoms with Gasteiger partial charge in [0.2, 0.25) is 5.91 Å². The average Bonchev–Trinajstić information content (AvgIpc) is 3.19. The number of hydrogen-bond donors (Lipinski definition) is 1. The van der Waals surface area contributed by atoms with Crippen LogP contribution in [0.2, 0.25) is 0 Å². The van der Waals surface area contributed by atoms with E-state index in [1.807, 2.05) is 19.2 Å². The van der Waals surface area contributed by atoms with E-state index in [2.05, 4.69) is 21.9 Å². The summed E-state index contributed by atoms with van der Waals surface area (Å²) in [5, 5.41) is 11.6. The summed E-state index contributed by atoms with van der Waals surface area (Å²) >= 11 is 3.26. The number of aryl methyl sites for hydroxylation is 1. The Labute approximate surface area is 153 Å². The molecule has 4 nitrogen and oxygen atoms in total. The first kappa shape index (κ1) is 16.4. The highest BCUT2D eigenvalue weighted by Crippen LogP contribution is 2.46. The molecule has 1 aliphatic rings. The molecule has 0 aliphatic carbocycles. The van der Waals surface area contributed by atoms with Crippen LogP contribution in [0.5, 0.6) is 0 Å². The molecule has 128 valence electrons. The Morgan fingerprint density at radius 3 is 2.68 bits per heavy atom. The van der Waals surface area contributed by atoms with E-state index in [0.717, 1.165) is 16.9 Å². The largest absolute Gasteiger partial charge is 0.309 e. The van der Waals surface area contributed by atoms with E-state index in [0.29, 0.717) is 5.82 Å². The second-order valence-corrected chi connectivity index (χ2v) is 8.17. The summed E-state index contributed by atoms with van der Waals surface area (Å²) in [4.78, 5) is 12.5. The van der Waals surface area contributed by atoms with E-state index in [1.54, 1.807) is 39.9 Å². The van der Waals surface area contributed by atoms with Crippen molar-refractivity contribution in [1.82, 2.24) is 9.78 Å². The second kappa shape index (κ2) is 6.31. The van der Waals surface area contributed by atoms with Crippen LogP contribution in [0.25, 0.3) is 5.69 Å². The molecule has 0 saturated carbocycles. The van der Waals surface area contributed by atoms with Gasteiger partial charge in [0.15, 0.2) is 0 Å². The van der Waals surface area contributed by atoms with Gasteiger partial charge in [0.05, 0.1) is 21.9 Å². The van der Waals surface area contributed by atoms with Crippen molar-refractivity contribution < 1.29 is 9.18 Å². The second-order valence-electron chi connectivity index (χ2n) is 5.94. The standard InChI is InChI=1S/C18H16FN3OS2/c1-10-15-16(12-7-8-24-9-12)25-11(2)18(23)20-17(15)22(21-10)14-5-3-13(19)4-6-14/h3-9,11,16H,1-2H3,(H,20,23). The summed E-state index contributed by atoms with van der Waals surface area (Å²) in [6, 6.07) is 8.20. The Morgan fingerprint density at radius 2 is 2.00 bits per heavy atom. The number of hydrogen-bond acceptors (Lipinski definition) is 4. The molecule has 0 radical (unpaired) electrons. The summed E-state index contributed by atoms with van der Waals surface area (Å²) in [5.41, 5.74) is 3.75. The lowest BCUT2D eigenvalue weighted by Crippen LogP contribution is -2.22. The fraction of sp³-hybridized carbons (Fsp3) is 0.222. The number of carbonyl (C=O) groups is 1. The number of carbonyl (C=O) groups excluding carboxylic acids is 1. The fourth-order valence-corrected chi connectivity index (χ4v) is 5.05. The Balaban J connectivity index is 1.90. The van der Waals surface area contributed by atoms with E-state index in [-0.39, 0.29) is 22.2 Å². The van der Waals surface area contributed by atoms with Gasteiger partial charge in [0.1, 0.15) is 11.6 Å². The number of rotatable bonds is 2. The van der Waals surface area contributed by atoms with Crippen molar-refractivity contribution >= 4 is 34.8 Å². The Bertz CT molecular complexity index is 919. The minimum atomic E-state index is -0.303. The van der Waals surface area contributed by atoms with Gasteiger partial charge in [-0.05, 0) is 60.5 Å². The molecule has 4 rings (SSSR count). The molecule has 1 aliphatic heterocycles. The number of fused-ring (bicyclic) bond motifs is 1. The molecule has 1 amide bonds. The molecule has 0 saturated heterocycles. The molecular formula is C18H16FN3OS2. The quantitative estimate of drug-likeness (QED) is 0.717. The minimum absolute atomic E-state index is 0.0319. The molecule has 2 unspecified atom stereocenters.